The third kappa shape index (κ3) is 2.64. The van der Waals surface area contributed by atoms with Gasteiger partial charge in [-0.3, -0.25) is 4.79 Å². The molecule has 0 unspecified atom stereocenters. The van der Waals surface area contributed by atoms with Gasteiger partial charge in [-0.15, -0.1) is 0 Å². The highest BCUT2D eigenvalue weighted by Gasteiger charge is 2.45. The van der Waals surface area contributed by atoms with Gasteiger partial charge in [-0.1, -0.05) is 20.8 Å². The molecule has 4 heteroatoms. The third-order valence-corrected chi connectivity index (χ3v) is 2.16. The van der Waals surface area contributed by atoms with Gasteiger partial charge in [-0.2, -0.15) is 0 Å². The SMILES string of the molecule is CC(C)(C)C(=O)N[C@H]1C[C@@H]1C(F)F. The summed E-state index contributed by atoms with van der Waals surface area (Å²) in [5.41, 5.74) is -0.491. The van der Waals surface area contributed by atoms with E-state index in [9.17, 15) is 13.6 Å². The van der Waals surface area contributed by atoms with Gasteiger partial charge in [0.2, 0.25) is 12.3 Å². The van der Waals surface area contributed by atoms with Crippen molar-refractivity contribution in [3.05, 3.63) is 0 Å². The normalized spacial score (nSPS) is 27.5. The molecule has 1 aliphatic carbocycles. The van der Waals surface area contributed by atoms with E-state index in [4.69, 9.17) is 0 Å². The molecule has 0 spiro atoms. The molecule has 0 heterocycles. The zero-order valence-electron chi connectivity index (χ0n) is 8.10. The van der Waals surface area contributed by atoms with Crippen LogP contribution in [-0.2, 0) is 4.79 Å². The summed E-state index contributed by atoms with van der Waals surface area (Å²) in [5.74, 6) is -0.771. The molecule has 1 saturated carbocycles. The van der Waals surface area contributed by atoms with Crippen LogP contribution in [0.4, 0.5) is 8.78 Å². The van der Waals surface area contributed by atoms with Crippen LogP contribution in [0.1, 0.15) is 27.2 Å². The van der Waals surface area contributed by atoms with Crippen molar-refractivity contribution in [3.63, 3.8) is 0 Å². The Bertz CT molecular complexity index is 210. The summed E-state index contributed by atoms with van der Waals surface area (Å²) in [5, 5.41) is 2.61. The molecule has 0 bridgehead atoms. The zero-order chi connectivity index (χ0) is 10.2. The van der Waals surface area contributed by atoms with Gasteiger partial charge >= 0.3 is 0 Å². The van der Waals surface area contributed by atoms with Gasteiger partial charge in [0.1, 0.15) is 0 Å². The molecule has 1 rings (SSSR count). The Balaban J connectivity index is 2.33. The fraction of sp³-hybridized carbons (Fsp3) is 0.889. The van der Waals surface area contributed by atoms with Crippen LogP contribution in [-0.4, -0.2) is 18.4 Å². The minimum atomic E-state index is -2.30. The number of hydrogen-bond donors (Lipinski definition) is 1. The van der Waals surface area contributed by atoms with Gasteiger partial charge in [-0.25, -0.2) is 8.78 Å². The highest BCUT2D eigenvalue weighted by molar-refractivity contribution is 5.81. The Morgan fingerprint density at radius 1 is 1.46 bits per heavy atom. The zero-order valence-corrected chi connectivity index (χ0v) is 8.10. The Morgan fingerprint density at radius 2 is 2.00 bits per heavy atom. The van der Waals surface area contributed by atoms with Gasteiger partial charge in [0.05, 0.1) is 0 Å². The maximum absolute atomic E-state index is 12.1. The van der Waals surface area contributed by atoms with Crippen molar-refractivity contribution in [2.45, 2.75) is 39.7 Å². The summed E-state index contributed by atoms with van der Waals surface area (Å²) in [6.45, 7) is 5.30. The predicted octanol–water partition coefficient (Wildman–Crippen LogP) is 1.80. The van der Waals surface area contributed by atoms with Crippen molar-refractivity contribution in [1.29, 1.82) is 0 Å². The standard InChI is InChI=1S/C9H15F2NO/c1-9(2,3)8(13)12-6-4-5(6)7(10)11/h5-7H,4H2,1-3H3,(H,12,13)/t5-,6-/m0/s1. The van der Waals surface area contributed by atoms with Gasteiger partial charge in [0.25, 0.3) is 0 Å². The molecule has 1 N–H and O–H groups in total. The van der Waals surface area contributed by atoms with E-state index in [2.05, 4.69) is 5.32 Å². The number of nitrogens with one attached hydrogen (secondary N) is 1. The molecule has 1 amide bonds. The molecular weight excluding hydrogens is 176 g/mol. The molecule has 76 valence electrons. The van der Waals surface area contributed by atoms with Gasteiger partial charge in [-0.05, 0) is 6.42 Å². The number of carbonyl (C=O) groups excluding carboxylic acids is 1. The second-order valence-corrected chi connectivity index (χ2v) is 4.56. The Morgan fingerprint density at radius 3 is 2.31 bits per heavy atom. The first kappa shape index (κ1) is 10.4. The summed E-state index contributed by atoms with van der Waals surface area (Å²) in [6, 6.07) is -0.299. The van der Waals surface area contributed by atoms with Crippen LogP contribution < -0.4 is 5.32 Å². The summed E-state index contributed by atoms with van der Waals surface area (Å²) in [6.07, 6.45) is -1.88. The van der Waals surface area contributed by atoms with Gasteiger partial charge < -0.3 is 5.32 Å². The summed E-state index contributed by atoms with van der Waals surface area (Å²) in [4.78, 5) is 11.3. The average Bonchev–Trinajstić information content (AvgIpc) is 2.64. The monoisotopic (exact) mass is 191 g/mol. The Labute approximate surface area is 76.7 Å². The minimum absolute atomic E-state index is 0.152. The lowest BCUT2D eigenvalue weighted by atomic mass is 9.96. The maximum Gasteiger partial charge on any atom is 0.243 e. The Kier molecular flexibility index (Phi) is 2.59. The van der Waals surface area contributed by atoms with Crippen molar-refractivity contribution in [2.75, 3.05) is 0 Å². The molecule has 13 heavy (non-hydrogen) atoms. The lowest BCUT2D eigenvalue weighted by molar-refractivity contribution is -0.128. The number of rotatable bonds is 2. The summed E-state index contributed by atoms with van der Waals surface area (Å²) in [7, 11) is 0. The average molecular weight is 191 g/mol. The van der Waals surface area contributed by atoms with Crippen LogP contribution in [0.3, 0.4) is 0 Å². The quantitative estimate of drug-likeness (QED) is 0.708. The van der Waals surface area contributed by atoms with E-state index in [1.807, 2.05) is 0 Å². The van der Waals surface area contributed by atoms with Crippen molar-refractivity contribution >= 4 is 5.91 Å². The molecule has 0 aromatic carbocycles. The molecule has 1 fully saturated rings. The first-order valence-electron chi connectivity index (χ1n) is 4.41. The van der Waals surface area contributed by atoms with Crippen LogP contribution in [0.2, 0.25) is 0 Å². The smallest absolute Gasteiger partial charge is 0.243 e. The molecule has 0 aliphatic heterocycles. The van der Waals surface area contributed by atoms with Crippen molar-refractivity contribution in [1.82, 2.24) is 5.32 Å². The van der Waals surface area contributed by atoms with Crippen LogP contribution in [0.5, 0.6) is 0 Å². The van der Waals surface area contributed by atoms with Crippen LogP contribution in [0, 0.1) is 11.3 Å². The van der Waals surface area contributed by atoms with Crippen molar-refractivity contribution < 1.29 is 13.6 Å². The van der Waals surface area contributed by atoms with Crippen molar-refractivity contribution in [2.24, 2.45) is 11.3 Å². The molecule has 0 saturated heterocycles. The molecule has 0 radical (unpaired) electrons. The predicted molar refractivity (Wildman–Crippen MR) is 45.5 cm³/mol. The molecule has 2 nitrogen and oxygen atoms in total. The maximum atomic E-state index is 12.1. The van der Waals surface area contributed by atoms with Crippen LogP contribution in [0.15, 0.2) is 0 Å². The first-order valence-corrected chi connectivity index (χ1v) is 4.41. The van der Waals surface area contributed by atoms with Crippen molar-refractivity contribution in [3.8, 4) is 0 Å². The topological polar surface area (TPSA) is 29.1 Å². The van der Waals surface area contributed by atoms with E-state index >= 15 is 0 Å². The van der Waals surface area contributed by atoms with Crippen LogP contribution >= 0.6 is 0 Å². The lowest BCUT2D eigenvalue weighted by Crippen LogP contribution is -2.37. The minimum Gasteiger partial charge on any atom is -0.352 e. The molecule has 1 aliphatic rings. The van der Waals surface area contributed by atoms with E-state index in [0.717, 1.165) is 0 Å². The number of hydrogen-bond acceptors (Lipinski definition) is 1. The highest BCUT2D eigenvalue weighted by Crippen LogP contribution is 2.36. The van der Waals surface area contributed by atoms with Gasteiger partial charge in [0.15, 0.2) is 0 Å². The molecular formula is C9H15F2NO. The largest absolute Gasteiger partial charge is 0.352 e. The Hall–Kier alpha value is -0.670. The molecule has 0 aromatic rings. The lowest BCUT2D eigenvalue weighted by Gasteiger charge is -2.17. The van der Waals surface area contributed by atoms with E-state index in [0.29, 0.717) is 6.42 Å². The van der Waals surface area contributed by atoms with E-state index in [1.54, 1.807) is 20.8 Å². The molecule has 0 aromatic heterocycles. The number of carbonyl (C=O) groups is 1. The van der Waals surface area contributed by atoms with E-state index in [1.165, 1.54) is 0 Å². The number of amides is 1. The van der Waals surface area contributed by atoms with Gasteiger partial charge in [0, 0.05) is 17.4 Å². The first-order chi connectivity index (χ1) is 5.82. The fourth-order valence-electron chi connectivity index (χ4n) is 1.04. The van der Waals surface area contributed by atoms with Crippen LogP contribution in [0.25, 0.3) is 0 Å². The fourth-order valence-corrected chi connectivity index (χ4v) is 1.04. The second-order valence-electron chi connectivity index (χ2n) is 4.56. The number of alkyl halides is 2. The third-order valence-electron chi connectivity index (χ3n) is 2.16. The summed E-state index contributed by atoms with van der Waals surface area (Å²) < 4.78 is 24.1. The van der Waals surface area contributed by atoms with E-state index < -0.39 is 17.8 Å². The second kappa shape index (κ2) is 3.24. The molecule has 2 atom stereocenters. The highest BCUT2D eigenvalue weighted by atomic mass is 19.3. The number of halogens is 2. The van der Waals surface area contributed by atoms with E-state index in [-0.39, 0.29) is 11.9 Å². The summed E-state index contributed by atoms with van der Waals surface area (Å²) >= 11 is 0.